The van der Waals surface area contributed by atoms with Crippen molar-refractivity contribution in [3.8, 4) is 0 Å². The molecule has 0 aliphatic carbocycles. The molecule has 1 radical (unpaired) electrons. The standard InChI is InChI=1S/Al.Cu.H6Si2.3H/c;;1-2;;;/h;;1-2H3;;;. The Hall–Kier alpha value is 1.49. The Bertz CT molecular complexity index is 6.00. The molecule has 0 bridgehead atoms. The van der Waals surface area contributed by atoms with Crippen LogP contribution in [0.4, 0.5) is 0 Å². The maximum Gasteiger partial charge on any atom is 0.187 e. The van der Waals surface area contributed by atoms with Crippen LogP contribution in [-0.2, 0) is 17.1 Å². The first-order valence-corrected chi connectivity index (χ1v) is 9.00. The molecule has 0 saturated heterocycles. The molecule has 0 N–H and O–H groups in total. The number of rotatable bonds is 0. The molecule has 0 rings (SSSR count). The molecular weight excluding hydrogens is 147 g/mol. The van der Waals surface area contributed by atoms with Crippen molar-refractivity contribution in [2.45, 2.75) is 0 Å². The largest absolute Gasteiger partial charge is 0.187 e. The summed E-state index contributed by atoms with van der Waals surface area (Å²) in [4.78, 5) is 0. The van der Waals surface area contributed by atoms with Gasteiger partial charge >= 0.3 is 0 Å². The van der Waals surface area contributed by atoms with E-state index in [0.29, 0.717) is 0 Å². The maximum absolute atomic E-state index is 1.44. The van der Waals surface area contributed by atoms with E-state index < -0.39 is 0 Å². The van der Waals surface area contributed by atoms with E-state index in [-0.39, 0.29) is 34.4 Å². The van der Waals surface area contributed by atoms with Crippen molar-refractivity contribution < 1.29 is 17.1 Å². The van der Waals surface area contributed by atoms with Crippen LogP contribution < -0.4 is 0 Å². The number of hydrogen-bond acceptors (Lipinski definition) is 0. The molecule has 0 aliphatic rings. The minimum Gasteiger partial charge on any atom is -0.0125 e. The van der Waals surface area contributed by atoms with Crippen molar-refractivity contribution in [2.24, 2.45) is 0 Å². The third-order valence-electron chi connectivity index (χ3n) is 0. The molecule has 4 heteroatoms. The second-order valence-corrected chi connectivity index (χ2v) is 0. The SMILES string of the molecule is [AlH3].[Cu].[SiH3][SiH3]. The topological polar surface area (TPSA) is 0 Å². The van der Waals surface area contributed by atoms with Gasteiger partial charge in [0.1, 0.15) is 0 Å². The Balaban J connectivity index is -0.00000000500. The van der Waals surface area contributed by atoms with Crippen LogP contribution in [0.5, 0.6) is 0 Å². The van der Waals surface area contributed by atoms with E-state index in [0.717, 1.165) is 0 Å². The van der Waals surface area contributed by atoms with Gasteiger partial charge in [0.05, 0.1) is 0 Å². The summed E-state index contributed by atoms with van der Waals surface area (Å²) in [6.45, 7) is 0. The average Bonchev–Trinajstić information content (AvgIpc) is 1.00. The first-order chi connectivity index (χ1) is 1.00. The van der Waals surface area contributed by atoms with Gasteiger partial charge in [-0.15, -0.1) is 0 Å². The van der Waals surface area contributed by atoms with Gasteiger partial charge in [-0.05, 0) is 19.5 Å². The Kier molecular flexibility index (Phi) is 110. The molecule has 0 heterocycles. The fourth-order valence-corrected chi connectivity index (χ4v) is 0. The second kappa shape index (κ2) is 24.7. The third kappa shape index (κ3) is 9.76. The summed E-state index contributed by atoms with van der Waals surface area (Å²) in [7, 11) is 2.89. The van der Waals surface area contributed by atoms with Gasteiger partial charge in [-0.3, -0.25) is 0 Å². The van der Waals surface area contributed by atoms with Crippen LogP contribution in [0.3, 0.4) is 0 Å². The van der Waals surface area contributed by atoms with Crippen LogP contribution in [0.15, 0.2) is 0 Å². The normalized spacial score (nSPS) is 3.00. The summed E-state index contributed by atoms with van der Waals surface area (Å²) in [6, 6.07) is 0. The zero-order valence-electron chi connectivity index (χ0n) is 2.30. The smallest absolute Gasteiger partial charge is 0.0125 e. The summed E-state index contributed by atoms with van der Waals surface area (Å²) >= 11 is 0. The fourth-order valence-electron chi connectivity index (χ4n) is 0. The molecule has 0 fully saturated rings. The summed E-state index contributed by atoms with van der Waals surface area (Å²) in [5.74, 6) is 0. The van der Waals surface area contributed by atoms with Gasteiger partial charge in [0.2, 0.25) is 0 Å². The van der Waals surface area contributed by atoms with Crippen LogP contribution in [0, 0.1) is 0 Å². The average molecular weight is 156 g/mol. The van der Waals surface area contributed by atoms with Crippen LogP contribution >= 0.6 is 0 Å². The molecule has 0 aromatic rings. The monoisotopic (exact) mass is 155 g/mol. The molecule has 0 aliphatic heterocycles. The molecule has 4 heavy (non-hydrogen) atoms. The Morgan fingerprint density at radius 3 is 1.00 bits per heavy atom. The quantitative estimate of drug-likeness (QED) is 0.318. The predicted molar refractivity (Wildman–Crippen MR) is 29.8 cm³/mol. The van der Waals surface area contributed by atoms with E-state index in [1.807, 2.05) is 0 Å². The Morgan fingerprint density at radius 1 is 1.00 bits per heavy atom. The van der Waals surface area contributed by atoms with Crippen LogP contribution in [0.1, 0.15) is 0 Å². The van der Waals surface area contributed by atoms with Crippen molar-refractivity contribution in [1.82, 2.24) is 0 Å². The molecule has 31 valence electrons. The second-order valence-electron chi connectivity index (χ2n) is 0. The number of hydrogen-bond donors (Lipinski definition) is 0. The summed E-state index contributed by atoms with van der Waals surface area (Å²) in [5.41, 5.74) is 0. The third-order valence-corrected chi connectivity index (χ3v) is 0. The van der Waals surface area contributed by atoms with Crippen molar-refractivity contribution in [3.05, 3.63) is 0 Å². The van der Waals surface area contributed by atoms with Crippen LogP contribution in [-0.4, -0.2) is 36.9 Å². The fraction of sp³-hybridized carbons (Fsp3) is 0. The zero-order valence-corrected chi connectivity index (χ0v) is 7.24. The molecule has 0 amide bonds. The van der Waals surface area contributed by atoms with E-state index in [4.69, 9.17) is 0 Å². The summed E-state index contributed by atoms with van der Waals surface area (Å²) < 4.78 is 0. The molecule has 0 atom stereocenters. The Labute approximate surface area is 54.0 Å². The van der Waals surface area contributed by atoms with Gasteiger partial charge in [-0.2, -0.15) is 0 Å². The maximum atomic E-state index is 1.44. The minimum atomic E-state index is 0. The van der Waals surface area contributed by atoms with Gasteiger partial charge in [0.25, 0.3) is 0 Å². The molecule has 0 spiro atoms. The van der Waals surface area contributed by atoms with E-state index in [9.17, 15) is 0 Å². The molecular formula is H9AlCuSi2. The van der Waals surface area contributed by atoms with Crippen molar-refractivity contribution >= 4 is 36.9 Å². The summed E-state index contributed by atoms with van der Waals surface area (Å²) in [5, 5.41) is 0. The van der Waals surface area contributed by atoms with E-state index in [2.05, 4.69) is 0 Å². The first kappa shape index (κ1) is 17.9. The van der Waals surface area contributed by atoms with Crippen LogP contribution in [0.2, 0.25) is 0 Å². The van der Waals surface area contributed by atoms with Crippen molar-refractivity contribution in [2.75, 3.05) is 0 Å². The van der Waals surface area contributed by atoms with Gasteiger partial charge < -0.3 is 0 Å². The van der Waals surface area contributed by atoms with Gasteiger partial charge in [-0.1, -0.05) is 0 Å². The minimum absolute atomic E-state index is 0. The molecule has 0 aromatic heterocycles. The summed E-state index contributed by atoms with van der Waals surface area (Å²) in [6.07, 6.45) is 0. The van der Waals surface area contributed by atoms with E-state index in [1.165, 1.54) is 19.5 Å². The molecule has 0 aromatic carbocycles. The van der Waals surface area contributed by atoms with Gasteiger partial charge in [0, 0.05) is 17.1 Å². The van der Waals surface area contributed by atoms with E-state index in [1.54, 1.807) is 0 Å². The van der Waals surface area contributed by atoms with Crippen LogP contribution in [0.25, 0.3) is 0 Å². The first-order valence-electron chi connectivity index (χ1n) is 1.00. The van der Waals surface area contributed by atoms with Gasteiger partial charge in [0.15, 0.2) is 17.4 Å². The Morgan fingerprint density at radius 2 is 1.00 bits per heavy atom. The van der Waals surface area contributed by atoms with Crippen molar-refractivity contribution in [3.63, 3.8) is 0 Å². The van der Waals surface area contributed by atoms with Gasteiger partial charge in [-0.25, -0.2) is 0 Å². The molecule has 0 saturated carbocycles. The predicted octanol–water partition coefficient (Wildman–Crippen LogP) is -3.55. The molecule has 0 nitrogen and oxygen atoms in total. The van der Waals surface area contributed by atoms with Crippen molar-refractivity contribution in [1.29, 1.82) is 0 Å². The zero-order chi connectivity index (χ0) is 2.00. The molecule has 0 unspecified atom stereocenters. The van der Waals surface area contributed by atoms with E-state index >= 15 is 0 Å².